The number of hydrazine groups is 1. The van der Waals surface area contributed by atoms with Crippen LogP contribution < -0.4 is 11.6 Å². The molecule has 0 bridgehead atoms. The second kappa shape index (κ2) is 8.21. The average Bonchev–Trinajstić information content (AvgIpc) is 2.96. The maximum Gasteiger partial charge on any atom is 0.0478 e. The summed E-state index contributed by atoms with van der Waals surface area (Å²) in [6.45, 7) is 14.4. The van der Waals surface area contributed by atoms with Gasteiger partial charge in [0, 0.05) is 17.4 Å². The van der Waals surface area contributed by atoms with E-state index in [0.29, 0.717) is 11.5 Å². The lowest BCUT2D eigenvalue weighted by molar-refractivity contribution is 0.275. The standard InChI is InChI=1S/C13H27N3.C4H6/c1-9(2)16(15)12(10(3)14)7-6-11-8-13(11,4)5;1-3-4-2/h9,11H,6-8,14-15H2,1-5H3;1-2H3/b12-10-;. The van der Waals surface area contributed by atoms with Crippen molar-refractivity contribution in [3.8, 4) is 11.8 Å². The number of hydrogen-bond acceptors (Lipinski definition) is 3. The van der Waals surface area contributed by atoms with Gasteiger partial charge in [0.15, 0.2) is 0 Å². The van der Waals surface area contributed by atoms with E-state index in [-0.39, 0.29) is 0 Å². The minimum absolute atomic E-state index is 0.306. The Morgan fingerprint density at radius 3 is 2.00 bits per heavy atom. The SMILES string of the molecule is C/C(N)=C(\CCC1CC1(C)C)N(N)C(C)C.CC#CC. The van der Waals surface area contributed by atoms with Gasteiger partial charge >= 0.3 is 0 Å². The maximum absolute atomic E-state index is 6.03. The van der Waals surface area contributed by atoms with Crippen LogP contribution in [0.2, 0.25) is 0 Å². The summed E-state index contributed by atoms with van der Waals surface area (Å²) in [6.07, 6.45) is 3.55. The van der Waals surface area contributed by atoms with Crippen LogP contribution in [0.1, 0.15) is 67.7 Å². The predicted molar refractivity (Wildman–Crippen MR) is 88.3 cm³/mol. The first-order chi connectivity index (χ1) is 9.17. The molecule has 0 amide bonds. The minimum atomic E-state index is 0.306. The zero-order valence-electron chi connectivity index (χ0n) is 14.4. The first-order valence-electron chi connectivity index (χ1n) is 7.50. The molecule has 0 aromatic carbocycles. The molecule has 0 aromatic heterocycles. The second-order valence-corrected chi connectivity index (χ2v) is 6.56. The normalized spacial score (nSPS) is 20.1. The molecule has 4 N–H and O–H groups in total. The summed E-state index contributed by atoms with van der Waals surface area (Å²) in [5.41, 5.74) is 8.42. The van der Waals surface area contributed by atoms with Crippen molar-refractivity contribution in [3.63, 3.8) is 0 Å². The molecule has 0 aromatic rings. The highest BCUT2D eigenvalue weighted by Crippen LogP contribution is 2.54. The molecule has 0 radical (unpaired) electrons. The van der Waals surface area contributed by atoms with E-state index >= 15 is 0 Å². The Hall–Kier alpha value is -1.14. The van der Waals surface area contributed by atoms with Crippen LogP contribution in [0.15, 0.2) is 11.4 Å². The Bertz CT molecular complexity index is 373. The fourth-order valence-corrected chi connectivity index (χ4v) is 2.22. The van der Waals surface area contributed by atoms with Crippen molar-refractivity contribution in [2.45, 2.75) is 73.8 Å². The van der Waals surface area contributed by atoms with E-state index < -0.39 is 0 Å². The third-order valence-electron chi connectivity index (χ3n) is 4.02. The van der Waals surface area contributed by atoms with Crippen molar-refractivity contribution < 1.29 is 0 Å². The van der Waals surface area contributed by atoms with Gasteiger partial charge in [-0.05, 0) is 65.2 Å². The van der Waals surface area contributed by atoms with Crippen molar-refractivity contribution in [2.75, 3.05) is 0 Å². The van der Waals surface area contributed by atoms with Gasteiger partial charge in [-0.1, -0.05) is 13.8 Å². The lowest BCUT2D eigenvalue weighted by atomic mass is 10.0. The summed E-state index contributed by atoms with van der Waals surface area (Å²) in [6, 6.07) is 0.306. The fourth-order valence-electron chi connectivity index (χ4n) is 2.22. The van der Waals surface area contributed by atoms with Gasteiger partial charge in [-0.15, -0.1) is 11.8 Å². The van der Waals surface area contributed by atoms with Gasteiger partial charge in [-0.2, -0.15) is 0 Å². The molecule has 116 valence electrons. The third kappa shape index (κ3) is 6.34. The molecule has 3 heteroatoms. The molecule has 1 fully saturated rings. The van der Waals surface area contributed by atoms with E-state index in [1.807, 2.05) is 25.8 Å². The molecule has 1 rings (SSSR count). The minimum Gasteiger partial charge on any atom is -0.401 e. The number of hydrogen-bond donors (Lipinski definition) is 2. The number of nitrogens with zero attached hydrogens (tertiary/aromatic N) is 1. The highest BCUT2D eigenvalue weighted by Gasteiger charge is 2.44. The molecular weight excluding hydrogens is 246 g/mol. The van der Waals surface area contributed by atoms with E-state index in [9.17, 15) is 0 Å². The quantitative estimate of drug-likeness (QED) is 0.459. The van der Waals surface area contributed by atoms with E-state index in [4.69, 9.17) is 11.6 Å². The number of rotatable bonds is 5. The van der Waals surface area contributed by atoms with Gasteiger partial charge in [0.05, 0.1) is 0 Å². The van der Waals surface area contributed by atoms with Crippen molar-refractivity contribution in [2.24, 2.45) is 22.9 Å². The average molecular weight is 279 g/mol. The van der Waals surface area contributed by atoms with Crippen molar-refractivity contribution >= 4 is 0 Å². The molecule has 1 aliphatic carbocycles. The van der Waals surface area contributed by atoms with Crippen molar-refractivity contribution in [1.29, 1.82) is 0 Å². The topological polar surface area (TPSA) is 55.3 Å². The van der Waals surface area contributed by atoms with Crippen LogP contribution in [0.4, 0.5) is 0 Å². The van der Waals surface area contributed by atoms with Crippen LogP contribution in [0.5, 0.6) is 0 Å². The summed E-state index contributed by atoms with van der Waals surface area (Å²) in [7, 11) is 0. The molecule has 0 aliphatic heterocycles. The summed E-state index contributed by atoms with van der Waals surface area (Å²) >= 11 is 0. The first kappa shape index (κ1) is 18.9. The third-order valence-corrected chi connectivity index (χ3v) is 4.02. The number of allylic oxidation sites excluding steroid dienone is 2. The van der Waals surface area contributed by atoms with E-state index in [2.05, 4.69) is 39.5 Å². The van der Waals surface area contributed by atoms with Crippen LogP contribution in [-0.4, -0.2) is 11.1 Å². The molecule has 3 nitrogen and oxygen atoms in total. The summed E-state index contributed by atoms with van der Waals surface area (Å²) in [5, 5.41) is 1.81. The van der Waals surface area contributed by atoms with Gasteiger partial charge < -0.3 is 10.7 Å². The zero-order valence-corrected chi connectivity index (χ0v) is 14.4. The van der Waals surface area contributed by atoms with E-state index in [0.717, 1.165) is 23.7 Å². The molecule has 1 saturated carbocycles. The fraction of sp³-hybridized carbons (Fsp3) is 0.765. The first-order valence-corrected chi connectivity index (χ1v) is 7.50. The van der Waals surface area contributed by atoms with Gasteiger partial charge in [0.1, 0.15) is 0 Å². The maximum atomic E-state index is 6.03. The predicted octanol–water partition coefficient (Wildman–Crippen LogP) is 3.62. The highest BCUT2D eigenvalue weighted by atomic mass is 15.4. The molecule has 0 saturated heterocycles. The summed E-state index contributed by atoms with van der Waals surface area (Å²) in [4.78, 5) is 0. The molecule has 20 heavy (non-hydrogen) atoms. The Morgan fingerprint density at radius 1 is 1.30 bits per heavy atom. The van der Waals surface area contributed by atoms with E-state index in [1.165, 1.54) is 12.8 Å². The van der Waals surface area contributed by atoms with Gasteiger partial charge in [0.25, 0.3) is 0 Å². The lowest BCUT2D eigenvalue weighted by Gasteiger charge is -2.27. The van der Waals surface area contributed by atoms with Crippen LogP contribution in [0.3, 0.4) is 0 Å². The molecule has 1 aliphatic rings. The Labute approximate surface area is 125 Å². The van der Waals surface area contributed by atoms with Crippen molar-refractivity contribution in [1.82, 2.24) is 5.01 Å². The molecular formula is C17H33N3. The zero-order chi connectivity index (χ0) is 15.9. The van der Waals surface area contributed by atoms with Crippen molar-refractivity contribution in [3.05, 3.63) is 11.4 Å². The van der Waals surface area contributed by atoms with Crippen LogP contribution in [0.25, 0.3) is 0 Å². The largest absolute Gasteiger partial charge is 0.401 e. The Morgan fingerprint density at radius 2 is 1.75 bits per heavy atom. The van der Waals surface area contributed by atoms with Crippen LogP contribution >= 0.6 is 0 Å². The summed E-state index contributed by atoms with van der Waals surface area (Å²) in [5.74, 6) is 12.2. The molecule has 1 unspecified atom stereocenters. The highest BCUT2D eigenvalue weighted by molar-refractivity contribution is 5.09. The Kier molecular flexibility index (Phi) is 7.75. The smallest absolute Gasteiger partial charge is 0.0478 e. The van der Waals surface area contributed by atoms with Crippen LogP contribution in [0, 0.1) is 23.2 Å². The number of nitrogens with two attached hydrogens (primary N) is 2. The van der Waals surface area contributed by atoms with Gasteiger partial charge in [-0.3, -0.25) is 0 Å². The monoisotopic (exact) mass is 279 g/mol. The summed E-state index contributed by atoms with van der Waals surface area (Å²) < 4.78 is 0. The molecule has 0 heterocycles. The molecule has 1 atom stereocenters. The lowest BCUT2D eigenvalue weighted by Crippen LogP contribution is -2.38. The van der Waals surface area contributed by atoms with Crippen LogP contribution in [-0.2, 0) is 0 Å². The second-order valence-electron chi connectivity index (χ2n) is 6.56. The Balaban J connectivity index is 0.000000796. The van der Waals surface area contributed by atoms with E-state index in [1.54, 1.807) is 0 Å². The molecule has 0 spiro atoms. The van der Waals surface area contributed by atoms with Gasteiger partial charge in [0.2, 0.25) is 0 Å². The van der Waals surface area contributed by atoms with Gasteiger partial charge in [-0.25, -0.2) is 5.84 Å².